The van der Waals surface area contributed by atoms with E-state index in [0.29, 0.717) is 12.6 Å². The van der Waals surface area contributed by atoms with Crippen LogP contribution in [0.1, 0.15) is 38.3 Å². The third-order valence-electron chi connectivity index (χ3n) is 3.77. The number of nitrogens with two attached hydrogens (primary N) is 1. The largest absolute Gasteiger partial charge is 0.329 e. The molecule has 1 aliphatic rings. The molecule has 4 heteroatoms. The molecule has 2 rings (SSSR count). The van der Waals surface area contributed by atoms with Crippen LogP contribution in [0.2, 0.25) is 5.02 Å². The van der Waals surface area contributed by atoms with Gasteiger partial charge in [0.05, 0.1) is 0 Å². The zero-order valence-electron chi connectivity index (χ0n) is 11.6. The average molecular weight is 346 g/mol. The van der Waals surface area contributed by atoms with Crippen LogP contribution in [0.15, 0.2) is 22.7 Å². The Hall–Kier alpha value is -0.0900. The van der Waals surface area contributed by atoms with E-state index in [0.717, 1.165) is 27.5 Å². The van der Waals surface area contributed by atoms with Gasteiger partial charge in [0.2, 0.25) is 0 Å². The molecule has 1 unspecified atom stereocenters. The van der Waals surface area contributed by atoms with Crippen molar-refractivity contribution >= 4 is 27.5 Å². The molecule has 1 fully saturated rings. The second-order valence-corrected chi connectivity index (χ2v) is 6.97. The fourth-order valence-corrected chi connectivity index (χ4v) is 3.31. The molecule has 0 saturated heterocycles. The van der Waals surface area contributed by atoms with Crippen LogP contribution in [0.25, 0.3) is 0 Å². The molecular formula is C15H22BrClN2. The van der Waals surface area contributed by atoms with E-state index in [1.165, 1.54) is 12.8 Å². The summed E-state index contributed by atoms with van der Waals surface area (Å²) in [6.07, 6.45) is 2.71. The van der Waals surface area contributed by atoms with Gasteiger partial charge in [0.25, 0.3) is 0 Å². The molecule has 1 atom stereocenters. The average Bonchev–Trinajstić information content (AvgIpc) is 3.14. The van der Waals surface area contributed by atoms with Crippen molar-refractivity contribution in [2.24, 2.45) is 11.7 Å². The van der Waals surface area contributed by atoms with Gasteiger partial charge in [-0.25, -0.2) is 0 Å². The maximum Gasteiger partial charge on any atom is 0.0488 e. The first-order valence-corrected chi connectivity index (χ1v) is 8.10. The number of hydrogen-bond acceptors (Lipinski definition) is 2. The van der Waals surface area contributed by atoms with Crippen LogP contribution in [-0.4, -0.2) is 24.0 Å². The first-order valence-electron chi connectivity index (χ1n) is 6.93. The summed E-state index contributed by atoms with van der Waals surface area (Å²) in [6.45, 7) is 6.20. The zero-order valence-corrected chi connectivity index (χ0v) is 13.9. The number of rotatable bonds is 6. The van der Waals surface area contributed by atoms with Crippen molar-refractivity contribution in [1.82, 2.24) is 4.90 Å². The van der Waals surface area contributed by atoms with Crippen LogP contribution in [0, 0.1) is 5.92 Å². The molecule has 1 aromatic rings. The van der Waals surface area contributed by atoms with Gasteiger partial charge in [0.15, 0.2) is 0 Å². The molecule has 0 aromatic heterocycles. The molecule has 0 spiro atoms. The van der Waals surface area contributed by atoms with Crippen molar-refractivity contribution in [3.63, 3.8) is 0 Å². The standard InChI is InChI=1S/C15H22BrClN2/c1-10(2)19(9-11-3-4-11)15(8-18)13-6-5-12(16)7-14(13)17/h5-7,10-11,15H,3-4,8-9,18H2,1-2H3. The summed E-state index contributed by atoms with van der Waals surface area (Å²) < 4.78 is 1.01. The smallest absolute Gasteiger partial charge is 0.0488 e. The molecule has 1 aromatic carbocycles. The lowest BCUT2D eigenvalue weighted by Crippen LogP contribution is -2.40. The highest BCUT2D eigenvalue weighted by molar-refractivity contribution is 9.10. The molecular weight excluding hydrogens is 324 g/mol. The summed E-state index contributed by atoms with van der Waals surface area (Å²) in [5, 5.41) is 0.797. The van der Waals surface area contributed by atoms with Crippen molar-refractivity contribution in [2.75, 3.05) is 13.1 Å². The summed E-state index contributed by atoms with van der Waals surface area (Å²) in [5.41, 5.74) is 7.18. The van der Waals surface area contributed by atoms with E-state index < -0.39 is 0 Å². The quantitative estimate of drug-likeness (QED) is 0.836. The molecule has 2 N–H and O–H groups in total. The minimum Gasteiger partial charge on any atom is -0.329 e. The molecule has 0 aliphatic heterocycles. The molecule has 0 amide bonds. The summed E-state index contributed by atoms with van der Waals surface area (Å²) >= 11 is 9.85. The number of nitrogens with zero attached hydrogens (tertiary/aromatic N) is 1. The van der Waals surface area contributed by atoms with Gasteiger partial charge in [-0.1, -0.05) is 33.6 Å². The van der Waals surface area contributed by atoms with E-state index in [2.05, 4.69) is 40.7 Å². The highest BCUT2D eigenvalue weighted by Crippen LogP contribution is 2.35. The van der Waals surface area contributed by atoms with Crippen molar-refractivity contribution in [3.8, 4) is 0 Å². The van der Waals surface area contributed by atoms with Gasteiger partial charge in [0.1, 0.15) is 0 Å². The zero-order chi connectivity index (χ0) is 14.0. The van der Waals surface area contributed by atoms with E-state index in [4.69, 9.17) is 17.3 Å². The topological polar surface area (TPSA) is 29.3 Å². The number of halogens is 2. The Kier molecular flexibility index (Phi) is 5.29. The predicted octanol–water partition coefficient (Wildman–Crippen LogP) is 4.22. The van der Waals surface area contributed by atoms with E-state index in [-0.39, 0.29) is 6.04 Å². The predicted molar refractivity (Wildman–Crippen MR) is 85.5 cm³/mol. The first kappa shape index (κ1) is 15.3. The van der Waals surface area contributed by atoms with Gasteiger partial charge in [-0.2, -0.15) is 0 Å². The van der Waals surface area contributed by atoms with E-state index in [1.807, 2.05) is 12.1 Å². The van der Waals surface area contributed by atoms with Crippen LogP contribution in [0.4, 0.5) is 0 Å². The van der Waals surface area contributed by atoms with E-state index in [1.54, 1.807) is 0 Å². The Morgan fingerprint density at radius 2 is 2.11 bits per heavy atom. The highest BCUT2D eigenvalue weighted by Gasteiger charge is 2.30. The Bertz CT molecular complexity index is 432. The van der Waals surface area contributed by atoms with Crippen LogP contribution in [0.5, 0.6) is 0 Å². The van der Waals surface area contributed by atoms with Crippen LogP contribution < -0.4 is 5.73 Å². The van der Waals surface area contributed by atoms with E-state index >= 15 is 0 Å². The first-order chi connectivity index (χ1) is 9.02. The lowest BCUT2D eigenvalue weighted by atomic mass is 10.0. The summed E-state index contributed by atoms with van der Waals surface area (Å²) in [5.74, 6) is 0.852. The van der Waals surface area contributed by atoms with Gasteiger partial charge < -0.3 is 5.73 Å². The maximum absolute atomic E-state index is 6.39. The number of benzene rings is 1. The van der Waals surface area contributed by atoms with Crippen LogP contribution >= 0.6 is 27.5 Å². The van der Waals surface area contributed by atoms with Gasteiger partial charge in [-0.3, -0.25) is 4.90 Å². The Morgan fingerprint density at radius 1 is 1.42 bits per heavy atom. The van der Waals surface area contributed by atoms with Crippen LogP contribution in [0.3, 0.4) is 0 Å². The lowest BCUT2D eigenvalue weighted by Gasteiger charge is -2.35. The third kappa shape index (κ3) is 3.94. The second kappa shape index (κ2) is 6.57. The molecule has 0 bridgehead atoms. The Morgan fingerprint density at radius 3 is 2.58 bits per heavy atom. The Balaban J connectivity index is 2.24. The van der Waals surface area contributed by atoms with Crippen LogP contribution in [-0.2, 0) is 0 Å². The number of hydrogen-bond donors (Lipinski definition) is 1. The van der Waals surface area contributed by atoms with Crippen molar-refractivity contribution in [1.29, 1.82) is 0 Å². The summed E-state index contributed by atoms with van der Waals surface area (Å²) in [7, 11) is 0. The second-order valence-electron chi connectivity index (χ2n) is 5.65. The van der Waals surface area contributed by atoms with E-state index in [9.17, 15) is 0 Å². The maximum atomic E-state index is 6.39. The normalized spacial score (nSPS) is 17.2. The van der Waals surface area contributed by atoms with Gasteiger partial charge in [-0.05, 0) is 50.3 Å². The Labute approximate surface area is 129 Å². The SMILES string of the molecule is CC(C)N(CC1CC1)C(CN)c1ccc(Br)cc1Cl. The van der Waals surface area contributed by atoms with Gasteiger partial charge in [0, 0.05) is 34.7 Å². The minimum absolute atomic E-state index is 0.209. The van der Waals surface area contributed by atoms with Crippen molar-refractivity contribution in [2.45, 2.75) is 38.8 Å². The summed E-state index contributed by atoms with van der Waals surface area (Å²) in [6, 6.07) is 6.77. The lowest BCUT2D eigenvalue weighted by molar-refractivity contribution is 0.150. The monoisotopic (exact) mass is 344 g/mol. The molecule has 2 nitrogen and oxygen atoms in total. The minimum atomic E-state index is 0.209. The molecule has 1 aliphatic carbocycles. The van der Waals surface area contributed by atoms with Gasteiger partial charge in [-0.15, -0.1) is 0 Å². The summed E-state index contributed by atoms with van der Waals surface area (Å²) in [4.78, 5) is 2.49. The van der Waals surface area contributed by atoms with Crippen molar-refractivity contribution in [3.05, 3.63) is 33.3 Å². The fraction of sp³-hybridized carbons (Fsp3) is 0.600. The molecule has 106 valence electrons. The molecule has 19 heavy (non-hydrogen) atoms. The third-order valence-corrected chi connectivity index (χ3v) is 4.59. The molecule has 0 radical (unpaired) electrons. The highest BCUT2D eigenvalue weighted by atomic mass is 79.9. The van der Waals surface area contributed by atoms with Gasteiger partial charge >= 0.3 is 0 Å². The molecule has 1 saturated carbocycles. The molecule has 0 heterocycles. The van der Waals surface area contributed by atoms with Crippen molar-refractivity contribution < 1.29 is 0 Å². The fourth-order valence-electron chi connectivity index (χ4n) is 2.51.